The predicted molar refractivity (Wildman–Crippen MR) is 119 cm³/mol. The Bertz CT molecular complexity index is 1120. The molecule has 1 amide bonds. The second-order valence-corrected chi connectivity index (χ2v) is 8.81. The molecule has 0 saturated heterocycles. The van der Waals surface area contributed by atoms with Gasteiger partial charge in [0.05, 0.1) is 15.6 Å². The quantitative estimate of drug-likeness (QED) is 0.492. The summed E-state index contributed by atoms with van der Waals surface area (Å²) in [6.07, 6.45) is 3.33. The standard InChI is InChI=1S/C22H22ClN3O3S/c1-2-3-14-25-30(28,29)18-10-7-16(8-11-18)22(27)26-17-9-12-20(23)19(15-17)21-6-4-5-13-24-21/h4-13,15,25H,2-3,14H2,1H3,(H,26,27). The fraction of sp³-hybridized carbons (Fsp3) is 0.182. The smallest absolute Gasteiger partial charge is 0.255 e. The van der Waals surface area contributed by atoms with Crippen LogP contribution in [0.5, 0.6) is 0 Å². The number of hydrogen-bond acceptors (Lipinski definition) is 4. The lowest BCUT2D eigenvalue weighted by Crippen LogP contribution is -2.24. The molecule has 3 aromatic rings. The van der Waals surface area contributed by atoms with Gasteiger partial charge in [0.2, 0.25) is 10.0 Å². The van der Waals surface area contributed by atoms with Crippen molar-refractivity contribution in [2.45, 2.75) is 24.7 Å². The molecule has 1 heterocycles. The zero-order valence-corrected chi connectivity index (χ0v) is 18.0. The lowest BCUT2D eigenvalue weighted by Gasteiger charge is -2.10. The molecule has 156 valence electrons. The predicted octanol–water partition coefficient (Wildman–Crippen LogP) is 4.73. The maximum atomic E-state index is 12.6. The second kappa shape index (κ2) is 9.84. The second-order valence-electron chi connectivity index (χ2n) is 6.64. The number of anilines is 1. The normalized spacial score (nSPS) is 11.3. The van der Waals surface area contributed by atoms with Crippen molar-refractivity contribution in [3.8, 4) is 11.3 Å². The molecule has 2 aromatic carbocycles. The summed E-state index contributed by atoms with van der Waals surface area (Å²) in [5.41, 5.74) is 2.30. The van der Waals surface area contributed by atoms with E-state index in [4.69, 9.17) is 11.6 Å². The van der Waals surface area contributed by atoms with Crippen LogP contribution in [0.2, 0.25) is 5.02 Å². The summed E-state index contributed by atoms with van der Waals surface area (Å²) >= 11 is 6.27. The highest BCUT2D eigenvalue weighted by molar-refractivity contribution is 7.89. The number of rotatable bonds is 8. The van der Waals surface area contributed by atoms with Crippen LogP contribution in [0.25, 0.3) is 11.3 Å². The molecule has 1 aromatic heterocycles. The Morgan fingerprint density at radius 1 is 1.07 bits per heavy atom. The maximum absolute atomic E-state index is 12.6. The lowest BCUT2D eigenvalue weighted by molar-refractivity contribution is 0.102. The maximum Gasteiger partial charge on any atom is 0.255 e. The van der Waals surface area contributed by atoms with Crippen molar-refractivity contribution in [3.05, 3.63) is 77.4 Å². The number of benzene rings is 2. The van der Waals surface area contributed by atoms with Crippen molar-refractivity contribution in [2.24, 2.45) is 0 Å². The van der Waals surface area contributed by atoms with Crippen LogP contribution >= 0.6 is 11.6 Å². The van der Waals surface area contributed by atoms with Crippen LogP contribution < -0.4 is 10.0 Å². The average molecular weight is 444 g/mol. The topological polar surface area (TPSA) is 88.2 Å². The summed E-state index contributed by atoms with van der Waals surface area (Å²) in [5, 5.41) is 3.33. The minimum absolute atomic E-state index is 0.124. The Kier molecular flexibility index (Phi) is 7.20. The summed E-state index contributed by atoms with van der Waals surface area (Å²) in [7, 11) is -3.58. The minimum atomic E-state index is -3.58. The number of halogens is 1. The minimum Gasteiger partial charge on any atom is -0.322 e. The van der Waals surface area contributed by atoms with Gasteiger partial charge >= 0.3 is 0 Å². The van der Waals surface area contributed by atoms with Gasteiger partial charge in [0, 0.05) is 29.6 Å². The molecule has 30 heavy (non-hydrogen) atoms. The number of hydrogen-bond donors (Lipinski definition) is 2. The molecular formula is C22H22ClN3O3S. The third-order valence-corrected chi connectivity index (χ3v) is 6.22. The van der Waals surface area contributed by atoms with E-state index in [2.05, 4.69) is 15.0 Å². The average Bonchev–Trinajstić information content (AvgIpc) is 2.76. The third kappa shape index (κ3) is 5.44. The van der Waals surface area contributed by atoms with E-state index < -0.39 is 10.0 Å². The van der Waals surface area contributed by atoms with Gasteiger partial charge in [0.15, 0.2) is 0 Å². The van der Waals surface area contributed by atoms with E-state index in [1.807, 2.05) is 25.1 Å². The molecule has 0 aliphatic rings. The SMILES string of the molecule is CCCCNS(=O)(=O)c1ccc(C(=O)Nc2ccc(Cl)c(-c3ccccn3)c2)cc1. The molecule has 3 rings (SSSR count). The number of carbonyl (C=O) groups is 1. The van der Waals surface area contributed by atoms with E-state index in [0.29, 0.717) is 34.1 Å². The van der Waals surface area contributed by atoms with Crippen LogP contribution in [0.15, 0.2) is 71.8 Å². The number of unbranched alkanes of at least 4 members (excludes halogenated alkanes) is 1. The molecule has 0 aliphatic heterocycles. The van der Waals surface area contributed by atoms with Crippen molar-refractivity contribution in [3.63, 3.8) is 0 Å². The van der Waals surface area contributed by atoms with Crippen LogP contribution in [-0.4, -0.2) is 25.9 Å². The van der Waals surface area contributed by atoms with Gasteiger partial charge in [-0.15, -0.1) is 0 Å². The molecule has 0 spiro atoms. The number of pyridine rings is 1. The zero-order valence-electron chi connectivity index (χ0n) is 16.4. The van der Waals surface area contributed by atoms with Gasteiger partial charge < -0.3 is 5.32 Å². The summed E-state index contributed by atoms with van der Waals surface area (Å²) < 4.78 is 27.1. The van der Waals surface area contributed by atoms with Gasteiger partial charge in [0.25, 0.3) is 5.91 Å². The van der Waals surface area contributed by atoms with Crippen molar-refractivity contribution in [1.82, 2.24) is 9.71 Å². The molecule has 0 aliphatic carbocycles. The molecular weight excluding hydrogens is 422 g/mol. The Labute approximate surface area is 181 Å². The molecule has 0 saturated carbocycles. The van der Waals surface area contributed by atoms with E-state index >= 15 is 0 Å². The van der Waals surface area contributed by atoms with Crippen molar-refractivity contribution in [2.75, 3.05) is 11.9 Å². The van der Waals surface area contributed by atoms with Crippen molar-refractivity contribution in [1.29, 1.82) is 0 Å². The third-order valence-electron chi connectivity index (χ3n) is 4.41. The van der Waals surface area contributed by atoms with Gasteiger partial charge in [-0.2, -0.15) is 0 Å². The van der Waals surface area contributed by atoms with E-state index in [1.54, 1.807) is 24.4 Å². The molecule has 8 heteroatoms. The Balaban J connectivity index is 1.74. The molecule has 2 N–H and O–H groups in total. The Hall–Kier alpha value is -2.74. The first-order chi connectivity index (χ1) is 14.4. The number of nitrogens with zero attached hydrogens (tertiary/aromatic N) is 1. The molecule has 0 atom stereocenters. The van der Waals surface area contributed by atoms with Gasteiger partial charge in [0.1, 0.15) is 0 Å². The number of amides is 1. The fourth-order valence-electron chi connectivity index (χ4n) is 2.78. The first-order valence-electron chi connectivity index (χ1n) is 9.53. The lowest BCUT2D eigenvalue weighted by atomic mass is 10.1. The molecule has 0 bridgehead atoms. The van der Waals surface area contributed by atoms with Crippen LogP contribution in [-0.2, 0) is 10.0 Å². The summed E-state index contributed by atoms with van der Waals surface area (Å²) in [6.45, 7) is 2.37. The van der Waals surface area contributed by atoms with Gasteiger partial charge in [-0.25, -0.2) is 13.1 Å². The number of carbonyl (C=O) groups excluding carboxylic acids is 1. The van der Waals surface area contributed by atoms with E-state index in [-0.39, 0.29) is 10.8 Å². The Morgan fingerprint density at radius 3 is 2.50 bits per heavy atom. The molecule has 0 fully saturated rings. The highest BCUT2D eigenvalue weighted by Gasteiger charge is 2.15. The van der Waals surface area contributed by atoms with Crippen LogP contribution in [0.4, 0.5) is 5.69 Å². The highest BCUT2D eigenvalue weighted by Crippen LogP contribution is 2.29. The van der Waals surface area contributed by atoms with Crippen LogP contribution in [0.1, 0.15) is 30.1 Å². The van der Waals surface area contributed by atoms with Crippen molar-refractivity contribution >= 4 is 33.2 Å². The Morgan fingerprint density at radius 2 is 1.83 bits per heavy atom. The number of nitrogens with one attached hydrogen (secondary N) is 2. The van der Waals surface area contributed by atoms with E-state index in [1.165, 1.54) is 24.3 Å². The van der Waals surface area contributed by atoms with E-state index in [0.717, 1.165) is 12.8 Å². The first-order valence-corrected chi connectivity index (χ1v) is 11.4. The van der Waals surface area contributed by atoms with Gasteiger partial charge in [-0.05, 0) is 61.0 Å². The first kappa shape index (κ1) is 22.0. The highest BCUT2D eigenvalue weighted by atomic mass is 35.5. The molecule has 0 unspecified atom stereocenters. The van der Waals surface area contributed by atoms with Crippen LogP contribution in [0.3, 0.4) is 0 Å². The summed E-state index contributed by atoms with van der Waals surface area (Å²) in [4.78, 5) is 17.0. The molecule has 6 nitrogen and oxygen atoms in total. The zero-order chi connectivity index (χ0) is 21.6. The van der Waals surface area contributed by atoms with E-state index in [9.17, 15) is 13.2 Å². The number of aromatic nitrogens is 1. The monoisotopic (exact) mass is 443 g/mol. The fourth-order valence-corrected chi connectivity index (χ4v) is 4.07. The summed E-state index contributed by atoms with van der Waals surface area (Å²) in [6, 6.07) is 16.5. The number of sulfonamides is 1. The van der Waals surface area contributed by atoms with Gasteiger partial charge in [-0.1, -0.05) is 31.0 Å². The van der Waals surface area contributed by atoms with Gasteiger partial charge in [-0.3, -0.25) is 9.78 Å². The summed E-state index contributed by atoms with van der Waals surface area (Å²) in [5.74, 6) is -0.354. The van der Waals surface area contributed by atoms with Crippen molar-refractivity contribution < 1.29 is 13.2 Å². The molecule has 0 radical (unpaired) electrons. The van der Waals surface area contributed by atoms with Crippen LogP contribution in [0, 0.1) is 0 Å². The largest absolute Gasteiger partial charge is 0.322 e.